The van der Waals surface area contributed by atoms with Crippen molar-refractivity contribution in [2.75, 3.05) is 0 Å². The summed E-state index contributed by atoms with van der Waals surface area (Å²) in [6.45, 7) is 8.14. The zero-order chi connectivity index (χ0) is 10.4. The molecule has 0 aliphatic rings. The van der Waals surface area contributed by atoms with Crippen molar-refractivity contribution < 1.29 is 9.90 Å². The summed E-state index contributed by atoms with van der Waals surface area (Å²) in [7, 11) is 0. The number of carbonyl (C=O) groups excluding carboxylic acids is 1. The van der Waals surface area contributed by atoms with Crippen LogP contribution in [0.5, 0.6) is 0 Å². The molecule has 0 amide bonds. The molecule has 13 heavy (non-hydrogen) atoms. The van der Waals surface area contributed by atoms with Crippen LogP contribution in [0.25, 0.3) is 0 Å². The number of carbonyl (C=O) groups is 1. The highest BCUT2D eigenvalue weighted by Gasteiger charge is 2.13. The molecule has 0 rings (SSSR count). The predicted octanol–water partition coefficient (Wildman–Crippen LogP) is 2.40. The summed E-state index contributed by atoms with van der Waals surface area (Å²) < 4.78 is 0. The van der Waals surface area contributed by atoms with Crippen LogP contribution >= 0.6 is 0 Å². The zero-order valence-electron chi connectivity index (χ0n) is 9.21. The Bertz CT molecular complexity index is 150. The molecule has 0 spiro atoms. The Morgan fingerprint density at radius 1 is 1.08 bits per heavy atom. The fourth-order valence-corrected chi connectivity index (χ4v) is 1.43. The highest BCUT2D eigenvalue weighted by Crippen LogP contribution is 2.11. The first-order chi connectivity index (χ1) is 5.91. The highest BCUT2D eigenvalue weighted by molar-refractivity contribution is 5.78. The molecule has 1 atom stereocenters. The van der Waals surface area contributed by atoms with Crippen molar-refractivity contribution in [3.63, 3.8) is 0 Å². The number of ketones is 1. The van der Waals surface area contributed by atoms with Crippen molar-refractivity contribution in [1.82, 2.24) is 0 Å². The van der Waals surface area contributed by atoms with Gasteiger partial charge in [0, 0.05) is 12.8 Å². The molecule has 0 radical (unpaired) electrons. The first-order valence-corrected chi connectivity index (χ1v) is 5.11. The molecule has 0 aliphatic heterocycles. The van der Waals surface area contributed by atoms with Gasteiger partial charge in [0.25, 0.3) is 0 Å². The van der Waals surface area contributed by atoms with Gasteiger partial charge in [-0.05, 0) is 18.3 Å². The van der Waals surface area contributed by atoms with Gasteiger partial charge >= 0.3 is 0 Å². The summed E-state index contributed by atoms with van der Waals surface area (Å²) in [5.74, 6) is 1.05. The minimum atomic E-state index is -0.439. The maximum absolute atomic E-state index is 11.3. The lowest BCUT2D eigenvalue weighted by atomic mass is 9.98. The molecule has 1 N–H and O–H groups in total. The Labute approximate surface area is 81.3 Å². The Morgan fingerprint density at radius 2 is 1.62 bits per heavy atom. The van der Waals surface area contributed by atoms with Crippen LogP contribution in [0.15, 0.2) is 0 Å². The minimum absolute atomic E-state index is 0.183. The molecular weight excluding hydrogens is 164 g/mol. The Morgan fingerprint density at radius 3 is 2.00 bits per heavy atom. The topological polar surface area (TPSA) is 37.3 Å². The fraction of sp³-hybridized carbons (Fsp3) is 0.909. The van der Waals surface area contributed by atoms with Crippen LogP contribution in [0.3, 0.4) is 0 Å². The smallest absolute Gasteiger partial charge is 0.135 e. The van der Waals surface area contributed by atoms with E-state index in [1.165, 1.54) is 0 Å². The van der Waals surface area contributed by atoms with Gasteiger partial charge in [-0.1, -0.05) is 27.7 Å². The summed E-state index contributed by atoms with van der Waals surface area (Å²) in [6, 6.07) is 0. The van der Waals surface area contributed by atoms with E-state index < -0.39 is 6.10 Å². The number of aliphatic hydroxyl groups excluding tert-OH is 1. The predicted molar refractivity (Wildman–Crippen MR) is 54.5 cm³/mol. The highest BCUT2D eigenvalue weighted by atomic mass is 16.3. The number of aliphatic hydroxyl groups is 1. The van der Waals surface area contributed by atoms with Crippen LogP contribution in [0.2, 0.25) is 0 Å². The third-order valence-corrected chi connectivity index (χ3v) is 1.84. The van der Waals surface area contributed by atoms with Gasteiger partial charge in [0.2, 0.25) is 0 Å². The van der Waals surface area contributed by atoms with Crippen LogP contribution in [-0.2, 0) is 4.79 Å². The lowest BCUT2D eigenvalue weighted by Crippen LogP contribution is -2.16. The van der Waals surface area contributed by atoms with Gasteiger partial charge in [0.1, 0.15) is 5.78 Å². The average Bonchev–Trinajstić information content (AvgIpc) is 1.80. The second-order valence-corrected chi connectivity index (χ2v) is 4.62. The fourth-order valence-electron chi connectivity index (χ4n) is 1.43. The monoisotopic (exact) mass is 186 g/mol. The van der Waals surface area contributed by atoms with Crippen LogP contribution < -0.4 is 0 Å². The molecule has 2 heteroatoms. The van der Waals surface area contributed by atoms with E-state index in [0.717, 1.165) is 6.42 Å². The van der Waals surface area contributed by atoms with Crippen molar-refractivity contribution in [3.8, 4) is 0 Å². The van der Waals surface area contributed by atoms with Crippen molar-refractivity contribution in [2.45, 2.75) is 53.1 Å². The molecule has 0 heterocycles. The van der Waals surface area contributed by atoms with E-state index in [9.17, 15) is 9.90 Å². The van der Waals surface area contributed by atoms with Crippen LogP contribution in [-0.4, -0.2) is 17.0 Å². The van der Waals surface area contributed by atoms with Gasteiger partial charge in [-0.3, -0.25) is 4.79 Å². The molecular formula is C11H22O2. The molecule has 1 unspecified atom stereocenters. The van der Waals surface area contributed by atoms with Gasteiger partial charge in [0.15, 0.2) is 0 Å². The Balaban J connectivity index is 3.65. The third-order valence-electron chi connectivity index (χ3n) is 1.84. The van der Waals surface area contributed by atoms with E-state index in [-0.39, 0.29) is 5.78 Å². The largest absolute Gasteiger partial charge is 0.393 e. The van der Waals surface area contributed by atoms with Gasteiger partial charge in [-0.15, -0.1) is 0 Å². The molecule has 0 fully saturated rings. The second-order valence-electron chi connectivity index (χ2n) is 4.62. The van der Waals surface area contributed by atoms with E-state index >= 15 is 0 Å². The normalized spacial score (nSPS) is 13.8. The molecule has 2 nitrogen and oxygen atoms in total. The molecule has 78 valence electrons. The van der Waals surface area contributed by atoms with E-state index in [1.54, 1.807) is 0 Å². The quantitative estimate of drug-likeness (QED) is 0.691. The first kappa shape index (κ1) is 12.6. The lowest BCUT2D eigenvalue weighted by molar-refractivity contribution is -0.121. The van der Waals surface area contributed by atoms with Crippen molar-refractivity contribution in [3.05, 3.63) is 0 Å². The van der Waals surface area contributed by atoms with Crippen molar-refractivity contribution >= 4 is 5.78 Å². The molecule has 0 aromatic carbocycles. The Kier molecular flexibility index (Phi) is 5.97. The van der Waals surface area contributed by atoms with Crippen LogP contribution in [0.1, 0.15) is 47.0 Å². The maximum atomic E-state index is 11.3. The number of hydrogen-bond donors (Lipinski definition) is 1. The summed E-state index contributed by atoms with van der Waals surface area (Å²) in [6.07, 6.45) is 1.21. The molecule has 0 aromatic heterocycles. The minimum Gasteiger partial charge on any atom is -0.393 e. The van der Waals surface area contributed by atoms with Crippen molar-refractivity contribution in [2.24, 2.45) is 11.8 Å². The molecule has 0 aliphatic carbocycles. The van der Waals surface area contributed by atoms with Gasteiger partial charge in [-0.2, -0.15) is 0 Å². The van der Waals surface area contributed by atoms with Gasteiger partial charge in [0.05, 0.1) is 6.10 Å². The molecule has 0 aromatic rings. The van der Waals surface area contributed by atoms with Crippen LogP contribution in [0.4, 0.5) is 0 Å². The number of rotatable bonds is 6. The standard InChI is InChI=1S/C11H22O2/c1-8(2)5-10(12)7-11(13)6-9(3)4/h8-10,12H,5-7H2,1-4H3. The lowest BCUT2D eigenvalue weighted by Gasteiger charge is -2.12. The summed E-state index contributed by atoms with van der Waals surface area (Å²) in [5.41, 5.74) is 0. The van der Waals surface area contributed by atoms with E-state index in [2.05, 4.69) is 13.8 Å². The Hall–Kier alpha value is -0.370. The summed E-state index contributed by atoms with van der Waals surface area (Å²) in [5, 5.41) is 9.48. The van der Waals surface area contributed by atoms with E-state index in [1.807, 2.05) is 13.8 Å². The van der Waals surface area contributed by atoms with E-state index in [4.69, 9.17) is 0 Å². The molecule has 0 saturated heterocycles. The summed E-state index contributed by atoms with van der Waals surface area (Å²) in [4.78, 5) is 11.3. The second kappa shape index (κ2) is 6.14. The average molecular weight is 186 g/mol. The first-order valence-electron chi connectivity index (χ1n) is 5.11. The van der Waals surface area contributed by atoms with Gasteiger partial charge < -0.3 is 5.11 Å². The zero-order valence-corrected chi connectivity index (χ0v) is 9.21. The number of Topliss-reactive ketones (excluding diaryl/α,β-unsaturated/α-hetero) is 1. The number of hydrogen-bond acceptors (Lipinski definition) is 2. The van der Waals surface area contributed by atoms with Gasteiger partial charge in [-0.25, -0.2) is 0 Å². The molecule has 0 saturated carbocycles. The van der Waals surface area contributed by atoms with Crippen LogP contribution in [0, 0.1) is 11.8 Å². The van der Waals surface area contributed by atoms with E-state index in [0.29, 0.717) is 24.7 Å². The SMILES string of the molecule is CC(C)CC(=O)CC(O)CC(C)C. The summed E-state index contributed by atoms with van der Waals surface area (Å²) >= 11 is 0. The maximum Gasteiger partial charge on any atom is 0.135 e. The third kappa shape index (κ3) is 7.97. The van der Waals surface area contributed by atoms with Crippen molar-refractivity contribution in [1.29, 1.82) is 0 Å². The molecule has 0 bridgehead atoms.